The van der Waals surface area contributed by atoms with Gasteiger partial charge in [0, 0.05) is 12.6 Å². The number of ether oxygens (including phenoxy) is 1. The molecule has 16 heavy (non-hydrogen) atoms. The SMILES string of the molecule is CC(C)C(C)C(N)C1CCOC2(CCC2)C1. The molecule has 3 unspecified atom stereocenters. The van der Waals surface area contributed by atoms with Crippen molar-refractivity contribution in [1.29, 1.82) is 0 Å². The average molecular weight is 225 g/mol. The molecule has 2 N–H and O–H groups in total. The van der Waals surface area contributed by atoms with E-state index in [1.165, 1.54) is 32.1 Å². The summed E-state index contributed by atoms with van der Waals surface area (Å²) in [7, 11) is 0. The van der Waals surface area contributed by atoms with Crippen LogP contribution >= 0.6 is 0 Å². The molecule has 1 spiro atoms. The molecular weight excluding hydrogens is 198 g/mol. The fourth-order valence-electron chi connectivity index (χ4n) is 3.19. The first kappa shape index (κ1) is 12.4. The Morgan fingerprint density at radius 1 is 1.25 bits per heavy atom. The van der Waals surface area contributed by atoms with Gasteiger partial charge in [0.15, 0.2) is 0 Å². The van der Waals surface area contributed by atoms with E-state index in [-0.39, 0.29) is 5.60 Å². The molecule has 2 rings (SSSR count). The topological polar surface area (TPSA) is 35.2 Å². The van der Waals surface area contributed by atoms with Crippen molar-refractivity contribution in [2.24, 2.45) is 23.5 Å². The Hall–Kier alpha value is -0.0800. The second-order valence-corrected chi connectivity index (χ2v) is 6.32. The van der Waals surface area contributed by atoms with E-state index in [1.54, 1.807) is 0 Å². The van der Waals surface area contributed by atoms with Crippen LogP contribution in [-0.2, 0) is 4.74 Å². The van der Waals surface area contributed by atoms with E-state index in [0.717, 1.165) is 6.61 Å². The van der Waals surface area contributed by atoms with Crippen LogP contribution in [0.4, 0.5) is 0 Å². The van der Waals surface area contributed by atoms with Gasteiger partial charge in [0.05, 0.1) is 5.60 Å². The summed E-state index contributed by atoms with van der Waals surface area (Å²) in [6, 6.07) is 0.362. The van der Waals surface area contributed by atoms with E-state index in [1.807, 2.05) is 0 Å². The maximum atomic E-state index is 6.44. The van der Waals surface area contributed by atoms with Gasteiger partial charge >= 0.3 is 0 Å². The van der Waals surface area contributed by atoms with Gasteiger partial charge in [-0.3, -0.25) is 0 Å². The summed E-state index contributed by atoms with van der Waals surface area (Å²) >= 11 is 0. The molecule has 2 aliphatic rings. The Bertz CT molecular complexity index is 235. The highest BCUT2D eigenvalue weighted by Gasteiger charge is 2.44. The van der Waals surface area contributed by atoms with Crippen molar-refractivity contribution in [2.75, 3.05) is 6.61 Å². The van der Waals surface area contributed by atoms with Crippen LogP contribution in [0.5, 0.6) is 0 Å². The van der Waals surface area contributed by atoms with Crippen LogP contribution in [0.2, 0.25) is 0 Å². The average Bonchev–Trinajstić information content (AvgIpc) is 2.25. The molecule has 2 nitrogen and oxygen atoms in total. The van der Waals surface area contributed by atoms with E-state index in [9.17, 15) is 0 Å². The Kier molecular flexibility index (Phi) is 3.60. The van der Waals surface area contributed by atoms with Gasteiger partial charge in [-0.2, -0.15) is 0 Å². The van der Waals surface area contributed by atoms with Crippen LogP contribution in [0.1, 0.15) is 52.9 Å². The van der Waals surface area contributed by atoms with Crippen molar-refractivity contribution in [3.63, 3.8) is 0 Å². The largest absolute Gasteiger partial charge is 0.375 e. The summed E-state index contributed by atoms with van der Waals surface area (Å²) in [5, 5.41) is 0. The first-order valence-electron chi connectivity index (χ1n) is 6.94. The molecule has 1 saturated heterocycles. The summed E-state index contributed by atoms with van der Waals surface area (Å²) in [5.74, 6) is 2.00. The van der Waals surface area contributed by atoms with Crippen molar-refractivity contribution in [3.05, 3.63) is 0 Å². The lowest BCUT2D eigenvalue weighted by molar-refractivity contribution is -0.148. The first-order valence-corrected chi connectivity index (χ1v) is 6.94. The first-order chi connectivity index (χ1) is 7.54. The zero-order chi connectivity index (χ0) is 11.8. The van der Waals surface area contributed by atoms with Crippen LogP contribution in [0, 0.1) is 17.8 Å². The molecule has 0 radical (unpaired) electrons. The molecular formula is C14H27NO. The van der Waals surface area contributed by atoms with E-state index in [4.69, 9.17) is 10.5 Å². The number of nitrogens with two attached hydrogens (primary N) is 1. The fraction of sp³-hybridized carbons (Fsp3) is 1.00. The molecule has 0 aromatic heterocycles. The molecule has 0 bridgehead atoms. The molecule has 2 heteroatoms. The molecule has 3 atom stereocenters. The van der Waals surface area contributed by atoms with Gasteiger partial charge in [-0.25, -0.2) is 0 Å². The van der Waals surface area contributed by atoms with E-state index >= 15 is 0 Å². The molecule has 0 amide bonds. The van der Waals surface area contributed by atoms with Crippen molar-refractivity contribution in [3.8, 4) is 0 Å². The third-order valence-electron chi connectivity index (χ3n) is 5.00. The van der Waals surface area contributed by atoms with E-state index in [0.29, 0.717) is 23.8 Å². The van der Waals surface area contributed by atoms with E-state index < -0.39 is 0 Å². The minimum absolute atomic E-state index is 0.247. The monoisotopic (exact) mass is 225 g/mol. The Labute approximate surface area is 99.9 Å². The predicted molar refractivity (Wildman–Crippen MR) is 67.2 cm³/mol. The lowest BCUT2D eigenvalue weighted by Crippen LogP contribution is -2.51. The smallest absolute Gasteiger partial charge is 0.0685 e. The lowest BCUT2D eigenvalue weighted by Gasteiger charge is -2.49. The summed E-state index contributed by atoms with van der Waals surface area (Å²) < 4.78 is 5.97. The molecule has 2 fully saturated rings. The molecule has 94 valence electrons. The van der Waals surface area contributed by atoms with Gasteiger partial charge in [-0.05, 0) is 49.9 Å². The second-order valence-electron chi connectivity index (χ2n) is 6.32. The maximum Gasteiger partial charge on any atom is 0.0685 e. The second kappa shape index (κ2) is 4.66. The Morgan fingerprint density at radius 3 is 2.44 bits per heavy atom. The molecule has 1 aliphatic heterocycles. The normalized spacial score (nSPS) is 32.4. The predicted octanol–water partition coefficient (Wildman–Crippen LogP) is 2.96. The minimum Gasteiger partial charge on any atom is -0.375 e. The molecule has 1 heterocycles. The van der Waals surface area contributed by atoms with Crippen molar-refractivity contribution in [1.82, 2.24) is 0 Å². The molecule has 1 saturated carbocycles. The van der Waals surface area contributed by atoms with Crippen LogP contribution in [0.15, 0.2) is 0 Å². The number of rotatable bonds is 3. The molecule has 1 aliphatic carbocycles. The highest BCUT2D eigenvalue weighted by molar-refractivity contribution is 4.96. The Morgan fingerprint density at radius 2 is 1.94 bits per heavy atom. The summed E-state index contributed by atoms with van der Waals surface area (Å²) in [4.78, 5) is 0. The highest BCUT2D eigenvalue weighted by atomic mass is 16.5. The zero-order valence-corrected chi connectivity index (χ0v) is 11.0. The maximum absolute atomic E-state index is 6.44. The van der Waals surface area contributed by atoms with Crippen LogP contribution in [0.3, 0.4) is 0 Å². The van der Waals surface area contributed by atoms with Gasteiger partial charge in [0.2, 0.25) is 0 Å². The highest BCUT2D eigenvalue weighted by Crippen LogP contribution is 2.45. The molecule has 0 aromatic rings. The summed E-state index contributed by atoms with van der Waals surface area (Å²) in [6.07, 6.45) is 6.27. The standard InChI is InChI=1S/C14H27NO/c1-10(2)11(3)13(15)12-5-8-16-14(9-12)6-4-7-14/h10-13H,4-9,15H2,1-3H3. The van der Waals surface area contributed by atoms with Crippen molar-refractivity contribution < 1.29 is 4.74 Å². The van der Waals surface area contributed by atoms with Gasteiger partial charge < -0.3 is 10.5 Å². The van der Waals surface area contributed by atoms with Crippen molar-refractivity contribution in [2.45, 2.75) is 64.5 Å². The van der Waals surface area contributed by atoms with Crippen molar-refractivity contribution >= 4 is 0 Å². The number of hydrogen-bond donors (Lipinski definition) is 1. The fourth-order valence-corrected chi connectivity index (χ4v) is 3.19. The minimum atomic E-state index is 0.247. The van der Waals surface area contributed by atoms with Gasteiger partial charge in [-0.1, -0.05) is 20.8 Å². The quantitative estimate of drug-likeness (QED) is 0.801. The zero-order valence-electron chi connectivity index (χ0n) is 11.0. The van der Waals surface area contributed by atoms with Gasteiger partial charge in [0.1, 0.15) is 0 Å². The van der Waals surface area contributed by atoms with E-state index in [2.05, 4.69) is 20.8 Å². The Balaban J connectivity index is 1.93. The lowest BCUT2D eigenvalue weighted by atomic mass is 9.68. The van der Waals surface area contributed by atoms with Gasteiger partial charge in [0.25, 0.3) is 0 Å². The third-order valence-corrected chi connectivity index (χ3v) is 5.00. The van der Waals surface area contributed by atoms with Crippen LogP contribution in [-0.4, -0.2) is 18.2 Å². The van der Waals surface area contributed by atoms with Gasteiger partial charge in [-0.15, -0.1) is 0 Å². The third kappa shape index (κ3) is 2.28. The molecule has 0 aromatic carbocycles. The summed E-state index contributed by atoms with van der Waals surface area (Å²) in [6.45, 7) is 7.80. The van der Waals surface area contributed by atoms with Crippen LogP contribution < -0.4 is 5.73 Å². The number of hydrogen-bond acceptors (Lipinski definition) is 2. The van der Waals surface area contributed by atoms with Crippen LogP contribution in [0.25, 0.3) is 0 Å². The summed E-state index contributed by atoms with van der Waals surface area (Å²) in [5.41, 5.74) is 6.68.